The SMILES string of the molecule is C=C(F)C(=O)SCCCCCCOc1ccc(/C=C/C(=O)Sc2ccc(OC(=O)OCCCCOC(=O)C(=C)CC(=O)OC3CCCCC3)c(CC)c2)cc1. The summed E-state index contributed by atoms with van der Waals surface area (Å²) in [5.74, 6) is -0.392. The first-order valence-electron chi connectivity index (χ1n) is 18.7. The smallest absolute Gasteiger partial charge is 0.494 e. The Kier molecular flexibility index (Phi) is 21.0. The van der Waals surface area contributed by atoms with Crippen LogP contribution in [0.2, 0.25) is 0 Å². The molecule has 55 heavy (non-hydrogen) atoms. The number of thioether (sulfide) groups is 2. The van der Waals surface area contributed by atoms with E-state index >= 15 is 0 Å². The summed E-state index contributed by atoms with van der Waals surface area (Å²) in [6.45, 7) is 9.26. The minimum atomic E-state index is -0.908. The zero-order valence-electron chi connectivity index (χ0n) is 31.5. The van der Waals surface area contributed by atoms with Crippen LogP contribution in [0.4, 0.5) is 9.18 Å². The molecule has 13 heteroatoms. The highest BCUT2D eigenvalue weighted by Crippen LogP contribution is 2.28. The number of hydrogen-bond acceptors (Lipinski definition) is 12. The number of ether oxygens (including phenoxy) is 5. The van der Waals surface area contributed by atoms with Crippen LogP contribution in [0, 0.1) is 0 Å². The summed E-state index contributed by atoms with van der Waals surface area (Å²) in [7, 11) is 0. The van der Waals surface area contributed by atoms with Gasteiger partial charge in [0.25, 0.3) is 0 Å². The molecule has 1 aliphatic rings. The van der Waals surface area contributed by atoms with Gasteiger partial charge in [-0.15, -0.1) is 0 Å². The van der Waals surface area contributed by atoms with Gasteiger partial charge in [-0.3, -0.25) is 14.4 Å². The molecule has 10 nitrogen and oxygen atoms in total. The van der Waals surface area contributed by atoms with Crippen LogP contribution in [0.25, 0.3) is 6.08 Å². The van der Waals surface area contributed by atoms with Gasteiger partial charge >= 0.3 is 18.1 Å². The Morgan fingerprint density at radius 1 is 0.855 bits per heavy atom. The summed E-state index contributed by atoms with van der Waals surface area (Å²) in [6.07, 6.45) is 12.0. The first kappa shape index (κ1) is 45.0. The molecule has 2 aromatic carbocycles. The van der Waals surface area contributed by atoms with Gasteiger partial charge in [-0.25, -0.2) is 14.0 Å². The topological polar surface area (TPSA) is 132 Å². The number of esters is 2. The van der Waals surface area contributed by atoms with Crippen molar-refractivity contribution in [2.24, 2.45) is 0 Å². The molecular weight excluding hydrogens is 748 g/mol. The number of rotatable bonds is 23. The maximum Gasteiger partial charge on any atom is 0.513 e. The van der Waals surface area contributed by atoms with E-state index < -0.39 is 29.0 Å². The highest BCUT2D eigenvalue weighted by Gasteiger charge is 2.20. The van der Waals surface area contributed by atoms with Gasteiger partial charge in [-0.05, 0) is 117 Å². The summed E-state index contributed by atoms with van der Waals surface area (Å²) in [6, 6.07) is 12.5. The van der Waals surface area contributed by atoms with Crippen LogP contribution >= 0.6 is 23.5 Å². The number of hydrogen-bond donors (Lipinski definition) is 0. The van der Waals surface area contributed by atoms with Crippen molar-refractivity contribution in [3.8, 4) is 11.5 Å². The average molecular weight is 799 g/mol. The van der Waals surface area contributed by atoms with E-state index in [1.165, 1.54) is 6.08 Å². The fraction of sp³-hybridized carbons (Fsp3) is 0.452. The molecule has 0 atom stereocenters. The fourth-order valence-corrected chi connectivity index (χ4v) is 6.77. The highest BCUT2D eigenvalue weighted by molar-refractivity contribution is 8.14. The second-order valence-corrected chi connectivity index (χ2v) is 15.0. The quantitative estimate of drug-likeness (QED) is 0.0265. The van der Waals surface area contributed by atoms with Gasteiger partial charge in [0, 0.05) is 16.2 Å². The molecule has 0 radical (unpaired) electrons. The van der Waals surface area contributed by atoms with E-state index in [4.69, 9.17) is 23.7 Å². The monoisotopic (exact) mass is 798 g/mol. The number of aryl methyl sites for hydroxylation is 1. The first-order chi connectivity index (χ1) is 26.5. The molecule has 1 aliphatic carbocycles. The molecule has 0 bridgehead atoms. The Balaban J connectivity index is 1.28. The number of halogens is 1. The van der Waals surface area contributed by atoms with E-state index in [1.54, 1.807) is 24.3 Å². The lowest BCUT2D eigenvalue weighted by molar-refractivity contribution is -0.151. The molecule has 0 saturated heterocycles. The molecule has 0 N–H and O–H groups in total. The normalized spacial score (nSPS) is 12.8. The van der Waals surface area contributed by atoms with Crippen molar-refractivity contribution in [3.63, 3.8) is 0 Å². The van der Waals surface area contributed by atoms with Gasteiger partial charge in [-0.1, -0.05) is 69.3 Å². The average Bonchev–Trinajstić information content (AvgIpc) is 3.17. The molecule has 0 amide bonds. The molecule has 0 unspecified atom stereocenters. The van der Waals surface area contributed by atoms with Crippen LogP contribution in [0.3, 0.4) is 0 Å². The van der Waals surface area contributed by atoms with E-state index in [-0.39, 0.29) is 36.4 Å². The zero-order chi connectivity index (χ0) is 39.8. The lowest BCUT2D eigenvalue weighted by Gasteiger charge is -2.21. The third-order valence-electron chi connectivity index (χ3n) is 8.37. The third kappa shape index (κ3) is 18.7. The van der Waals surface area contributed by atoms with Crippen molar-refractivity contribution in [1.82, 2.24) is 0 Å². The maximum absolute atomic E-state index is 12.7. The molecule has 0 spiro atoms. The largest absolute Gasteiger partial charge is 0.513 e. The number of benzene rings is 2. The van der Waals surface area contributed by atoms with Gasteiger partial charge in [-0.2, -0.15) is 0 Å². The summed E-state index contributed by atoms with van der Waals surface area (Å²) in [5.41, 5.74) is 1.62. The first-order valence-corrected chi connectivity index (χ1v) is 20.5. The number of carbonyl (C=O) groups is 5. The van der Waals surface area contributed by atoms with Crippen LogP contribution in [0.5, 0.6) is 11.5 Å². The molecule has 298 valence electrons. The molecule has 2 aromatic rings. The highest BCUT2D eigenvalue weighted by atomic mass is 32.2. The Labute approximate surface area is 331 Å². The fourth-order valence-electron chi connectivity index (χ4n) is 5.38. The number of unbranched alkanes of at least 4 members (excludes halogenated alkanes) is 4. The summed E-state index contributed by atoms with van der Waals surface area (Å²) < 4.78 is 39.6. The van der Waals surface area contributed by atoms with Crippen LogP contribution in [0.15, 0.2) is 78.0 Å². The number of carbonyl (C=O) groups excluding carboxylic acids is 5. The van der Waals surface area contributed by atoms with Crippen LogP contribution in [-0.4, -0.2) is 60.0 Å². The summed E-state index contributed by atoms with van der Waals surface area (Å²) in [4.78, 5) is 61.1. The van der Waals surface area contributed by atoms with Gasteiger partial charge in [0.1, 0.15) is 17.6 Å². The van der Waals surface area contributed by atoms with Crippen molar-refractivity contribution < 1.29 is 52.0 Å². The van der Waals surface area contributed by atoms with Gasteiger partial charge in [0.2, 0.25) is 10.2 Å². The lowest BCUT2D eigenvalue weighted by Crippen LogP contribution is -2.22. The standard InChI is InChI=1S/C42H51FO10S2/c1-4-33-29-36(55-39(45)23-18-32-16-19-34(20-17-32)49-24-10-5-6-13-27-54-41(47)31(3)43)21-22-37(33)53-42(48)51-26-12-11-25-50-40(46)30(2)28-38(44)52-35-14-8-7-9-15-35/h16-23,29,35H,2-15,24-28H2,1H3/b23-18+. The van der Waals surface area contributed by atoms with E-state index in [0.717, 1.165) is 98.2 Å². The molecule has 3 rings (SSSR count). The second-order valence-electron chi connectivity index (χ2n) is 12.8. The van der Waals surface area contributed by atoms with Crippen LogP contribution < -0.4 is 9.47 Å². The Morgan fingerprint density at radius 3 is 2.25 bits per heavy atom. The van der Waals surface area contributed by atoms with Gasteiger partial charge < -0.3 is 23.7 Å². The van der Waals surface area contributed by atoms with Crippen molar-refractivity contribution in [1.29, 1.82) is 0 Å². The Bertz CT molecular complexity index is 1630. The van der Waals surface area contributed by atoms with Crippen molar-refractivity contribution in [2.75, 3.05) is 25.6 Å². The van der Waals surface area contributed by atoms with Crippen LogP contribution in [0.1, 0.15) is 95.1 Å². The van der Waals surface area contributed by atoms with E-state index in [1.807, 2.05) is 31.2 Å². The Morgan fingerprint density at radius 2 is 1.55 bits per heavy atom. The molecular formula is C42H51FO10S2. The molecule has 0 aliphatic heterocycles. The molecule has 0 aromatic heterocycles. The predicted octanol–water partition coefficient (Wildman–Crippen LogP) is 9.92. The Hall–Kier alpha value is -4.36. The van der Waals surface area contributed by atoms with E-state index in [9.17, 15) is 28.4 Å². The third-order valence-corrected chi connectivity index (χ3v) is 10.2. The minimum absolute atomic E-state index is 0.0416. The van der Waals surface area contributed by atoms with Crippen LogP contribution in [-0.2, 0) is 39.8 Å². The van der Waals surface area contributed by atoms with E-state index in [0.29, 0.717) is 42.3 Å². The van der Waals surface area contributed by atoms with E-state index in [2.05, 4.69) is 13.2 Å². The van der Waals surface area contributed by atoms with Gasteiger partial charge in [0.15, 0.2) is 5.83 Å². The maximum atomic E-state index is 12.7. The van der Waals surface area contributed by atoms with Crippen molar-refractivity contribution >= 4 is 57.9 Å². The predicted molar refractivity (Wildman–Crippen MR) is 213 cm³/mol. The van der Waals surface area contributed by atoms with Crippen molar-refractivity contribution in [3.05, 3.63) is 84.2 Å². The zero-order valence-corrected chi connectivity index (χ0v) is 33.1. The summed E-state index contributed by atoms with van der Waals surface area (Å²) >= 11 is 2.01. The lowest BCUT2D eigenvalue weighted by atomic mass is 9.98. The van der Waals surface area contributed by atoms with Gasteiger partial charge in [0.05, 0.1) is 26.2 Å². The molecule has 1 saturated carbocycles. The van der Waals surface area contributed by atoms with Crippen molar-refractivity contribution in [2.45, 2.75) is 101 Å². The summed E-state index contributed by atoms with van der Waals surface area (Å²) in [5, 5.41) is -0.768. The minimum Gasteiger partial charge on any atom is -0.494 e. The molecule has 1 fully saturated rings. The second kappa shape index (κ2) is 25.7. The molecule has 0 heterocycles.